The Hall–Kier alpha value is -2.04. The number of hydrogen-bond acceptors (Lipinski definition) is 4. The Morgan fingerprint density at radius 2 is 2.00 bits per heavy atom. The van der Waals surface area contributed by atoms with Crippen LogP contribution in [0.3, 0.4) is 0 Å². The Kier molecular flexibility index (Phi) is 4.39. The van der Waals surface area contributed by atoms with E-state index in [1.54, 1.807) is 24.2 Å². The maximum absolute atomic E-state index is 12.4. The molecule has 19 heavy (non-hydrogen) atoms. The van der Waals surface area contributed by atoms with Crippen molar-refractivity contribution >= 4 is 5.91 Å². The molecule has 5 nitrogen and oxygen atoms in total. The predicted molar refractivity (Wildman–Crippen MR) is 69.9 cm³/mol. The third-order valence-corrected chi connectivity index (χ3v) is 2.95. The van der Waals surface area contributed by atoms with Crippen LogP contribution in [0, 0.1) is 0 Å². The molecule has 0 aromatic carbocycles. The number of hydrogen-bond donors (Lipinski definition) is 0. The van der Waals surface area contributed by atoms with Crippen LogP contribution in [-0.2, 0) is 20.8 Å². The van der Waals surface area contributed by atoms with Crippen molar-refractivity contribution in [2.75, 3.05) is 19.8 Å². The molecule has 2 rings (SSSR count). The van der Waals surface area contributed by atoms with Crippen LogP contribution in [0.5, 0.6) is 0 Å². The standard InChI is InChI=1S/C14H18N2O3/c1-3-16(10-12-4-6-15-7-5-12)14(17)13-11(2)18-8-9-19-13/h4-7H,3,8-10H2,1-2H3. The molecule has 1 aromatic rings. The number of likely N-dealkylation sites (N-methyl/N-ethyl adjacent to an activating group) is 1. The minimum absolute atomic E-state index is 0.128. The third kappa shape index (κ3) is 3.24. The van der Waals surface area contributed by atoms with Gasteiger partial charge in [0.05, 0.1) is 0 Å². The van der Waals surface area contributed by atoms with E-state index in [4.69, 9.17) is 9.47 Å². The second-order valence-electron chi connectivity index (χ2n) is 4.26. The fraction of sp³-hybridized carbons (Fsp3) is 0.429. The predicted octanol–water partition coefficient (Wildman–Crippen LogP) is 1.71. The summed E-state index contributed by atoms with van der Waals surface area (Å²) in [5, 5.41) is 0. The Morgan fingerprint density at radius 3 is 2.63 bits per heavy atom. The maximum atomic E-state index is 12.4. The zero-order chi connectivity index (χ0) is 13.7. The normalized spacial score (nSPS) is 14.6. The van der Waals surface area contributed by atoms with Crippen molar-refractivity contribution in [2.45, 2.75) is 20.4 Å². The number of carbonyl (C=O) groups is 1. The molecular weight excluding hydrogens is 244 g/mol. The lowest BCUT2D eigenvalue weighted by Gasteiger charge is -2.25. The van der Waals surface area contributed by atoms with Gasteiger partial charge >= 0.3 is 0 Å². The summed E-state index contributed by atoms with van der Waals surface area (Å²) in [6, 6.07) is 3.80. The zero-order valence-electron chi connectivity index (χ0n) is 11.3. The van der Waals surface area contributed by atoms with Gasteiger partial charge < -0.3 is 14.4 Å². The minimum Gasteiger partial charge on any atom is -0.491 e. The van der Waals surface area contributed by atoms with Gasteiger partial charge in [-0.1, -0.05) is 0 Å². The van der Waals surface area contributed by atoms with Crippen LogP contribution in [0.4, 0.5) is 0 Å². The molecule has 0 aliphatic carbocycles. The second kappa shape index (κ2) is 6.22. The van der Waals surface area contributed by atoms with Gasteiger partial charge in [0, 0.05) is 25.5 Å². The van der Waals surface area contributed by atoms with Crippen molar-refractivity contribution in [3.05, 3.63) is 41.6 Å². The first kappa shape index (κ1) is 13.4. The van der Waals surface area contributed by atoms with Crippen LogP contribution in [0.2, 0.25) is 0 Å². The summed E-state index contributed by atoms with van der Waals surface area (Å²) in [5.41, 5.74) is 1.04. The first-order valence-electron chi connectivity index (χ1n) is 6.37. The van der Waals surface area contributed by atoms with Crippen LogP contribution < -0.4 is 0 Å². The topological polar surface area (TPSA) is 51.7 Å². The summed E-state index contributed by atoms with van der Waals surface area (Å²) in [4.78, 5) is 18.1. The first-order chi connectivity index (χ1) is 9.22. The number of allylic oxidation sites excluding steroid dienone is 1. The molecule has 1 aliphatic rings. The largest absolute Gasteiger partial charge is 0.491 e. The third-order valence-electron chi connectivity index (χ3n) is 2.95. The quantitative estimate of drug-likeness (QED) is 0.829. The molecule has 0 N–H and O–H groups in total. The SMILES string of the molecule is CCN(Cc1ccncc1)C(=O)C1=C(C)OCCO1. The van der Waals surface area contributed by atoms with Gasteiger partial charge in [0.25, 0.3) is 5.91 Å². The fourth-order valence-electron chi connectivity index (χ4n) is 1.90. The van der Waals surface area contributed by atoms with Crippen molar-refractivity contribution in [1.82, 2.24) is 9.88 Å². The molecule has 0 saturated heterocycles. The molecule has 102 valence electrons. The highest BCUT2D eigenvalue weighted by Gasteiger charge is 2.24. The summed E-state index contributed by atoms with van der Waals surface area (Å²) >= 11 is 0. The average molecular weight is 262 g/mol. The fourth-order valence-corrected chi connectivity index (χ4v) is 1.90. The highest BCUT2D eigenvalue weighted by atomic mass is 16.6. The Balaban J connectivity index is 2.11. The molecular formula is C14H18N2O3. The number of aromatic nitrogens is 1. The maximum Gasteiger partial charge on any atom is 0.292 e. The number of pyridine rings is 1. The van der Waals surface area contributed by atoms with Gasteiger partial charge in [-0.25, -0.2) is 0 Å². The van der Waals surface area contributed by atoms with Crippen molar-refractivity contribution < 1.29 is 14.3 Å². The van der Waals surface area contributed by atoms with E-state index in [1.165, 1.54) is 0 Å². The molecule has 1 aromatic heterocycles. The van der Waals surface area contributed by atoms with Crippen molar-refractivity contribution in [3.8, 4) is 0 Å². The molecule has 1 amide bonds. The molecule has 0 fully saturated rings. The van der Waals surface area contributed by atoms with Crippen LogP contribution in [0.25, 0.3) is 0 Å². The number of rotatable bonds is 4. The lowest BCUT2D eigenvalue weighted by molar-refractivity contribution is -0.133. The van der Waals surface area contributed by atoms with E-state index < -0.39 is 0 Å². The Labute approximate surface area is 112 Å². The number of ether oxygens (including phenoxy) is 2. The van der Waals surface area contributed by atoms with Crippen molar-refractivity contribution in [1.29, 1.82) is 0 Å². The second-order valence-corrected chi connectivity index (χ2v) is 4.26. The van der Waals surface area contributed by atoms with Gasteiger partial charge in [0.15, 0.2) is 0 Å². The van der Waals surface area contributed by atoms with Gasteiger partial charge in [-0.05, 0) is 31.5 Å². The van der Waals surface area contributed by atoms with E-state index in [-0.39, 0.29) is 5.91 Å². The van der Waals surface area contributed by atoms with Crippen LogP contribution in [0.15, 0.2) is 36.0 Å². The highest BCUT2D eigenvalue weighted by molar-refractivity contribution is 5.92. The first-order valence-corrected chi connectivity index (χ1v) is 6.37. The smallest absolute Gasteiger partial charge is 0.292 e. The number of carbonyl (C=O) groups excluding carboxylic acids is 1. The van der Waals surface area contributed by atoms with Crippen molar-refractivity contribution in [3.63, 3.8) is 0 Å². The van der Waals surface area contributed by atoms with Gasteiger partial charge in [0.1, 0.15) is 19.0 Å². The molecule has 0 unspecified atom stereocenters. The van der Waals surface area contributed by atoms with E-state index in [0.717, 1.165) is 5.56 Å². The lowest BCUT2D eigenvalue weighted by Crippen LogP contribution is -2.34. The average Bonchev–Trinajstić information content (AvgIpc) is 2.46. The van der Waals surface area contributed by atoms with E-state index in [0.29, 0.717) is 37.8 Å². The van der Waals surface area contributed by atoms with E-state index in [9.17, 15) is 4.79 Å². The molecule has 0 spiro atoms. The molecule has 5 heteroatoms. The summed E-state index contributed by atoms with van der Waals surface area (Å²) in [5.74, 6) is 0.753. The monoisotopic (exact) mass is 262 g/mol. The molecule has 0 atom stereocenters. The highest BCUT2D eigenvalue weighted by Crippen LogP contribution is 2.17. The molecule has 0 radical (unpaired) electrons. The van der Waals surface area contributed by atoms with Crippen LogP contribution >= 0.6 is 0 Å². The van der Waals surface area contributed by atoms with E-state index >= 15 is 0 Å². The van der Waals surface area contributed by atoms with Gasteiger partial charge in [-0.2, -0.15) is 0 Å². The summed E-state index contributed by atoms with van der Waals surface area (Å²) in [7, 11) is 0. The molecule has 0 saturated carbocycles. The minimum atomic E-state index is -0.128. The molecule has 2 heterocycles. The Bertz CT molecular complexity index is 471. The van der Waals surface area contributed by atoms with Gasteiger partial charge in [0.2, 0.25) is 5.76 Å². The summed E-state index contributed by atoms with van der Waals surface area (Å²) < 4.78 is 10.8. The summed E-state index contributed by atoms with van der Waals surface area (Å²) in [6.07, 6.45) is 3.44. The van der Waals surface area contributed by atoms with Gasteiger partial charge in [-0.3, -0.25) is 9.78 Å². The van der Waals surface area contributed by atoms with Gasteiger partial charge in [-0.15, -0.1) is 0 Å². The Morgan fingerprint density at radius 1 is 1.32 bits per heavy atom. The zero-order valence-corrected chi connectivity index (χ0v) is 11.3. The van der Waals surface area contributed by atoms with Crippen molar-refractivity contribution in [2.24, 2.45) is 0 Å². The molecule has 1 aliphatic heterocycles. The molecule has 0 bridgehead atoms. The van der Waals surface area contributed by atoms with Crippen LogP contribution in [-0.4, -0.2) is 35.5 Å². The van der Waals surface area contributed by atoms with E-state index in [1.807, 2.05) is 19.1 Å². The number of amides is 1. The van der Waals surface area contributed by atoms with Crippen LogP contribution in [0.1, 0.15) is 19.4 Å². The summed E-state index contributed by atoms with van der Waals surface area (Å²) in [6.45, 7) is 5.77. The van der Waals surface area contributed by atoms with E-state index in [2.05, 4.69) is 4.98 Å². The number of nitrogens with zero attached hydrogens (tertiary/aromatic N) is 2. The lowest BCUT2D eigenvalue weighted by atomic mass is 10.2.